The van der Waals surface area contributed by atoms with E-state index in [-0.39, 0.29) is 11.6 Å². The highest BCUT2D eigenvalue weighted by Crippen LogP contribution is 2.26. The zero-order valence-corrected chi connectivity index (χ0v) is 13.6. The molecule has 19 heavy (non-hydrogen) atoms. The molecule has 1 aromatic rings. The van der Waals surface area contributed by atoms with E-state index in [0.29, 0.717) is 0 Å². The van der Waals surface area contributed by atoms with Gasteiger partial charge in [-0.15, -0.1) is 0 Å². The Bertz CT molecular complexity index is 410. The Morgan fingerprint density at radius 3 is 2.53 bits per heavy atom. The average Bonchev–Trinajstić information content (AvgIpc) is 2.38. The number of hydrazine groups is 1. The lowest BCUT2D eigenvalue weighted by atomic mass is 9.94. The number of benzene rings is 1. The van der Waals surface area contributed by atoms with Crippen molar-refractivity contribution in [1.82, 2.24) is 5.43 Å². The van der Waals surface area contributed by atoms with Crippen LogP contribution in [0.15, 0.2) is 22.7 Å². The molecule has 0 amide bonds. The van der Waals surface area contributed by atoms with E-state index >= 15 is 0 Å². The quantitative estimate of drug-likeness (QED) is 0.596. The first kappa shape index (κ1) is 16.4. The summed E-state index contributed by atoms with van der Waals surface area (Å²) in [5.74, 6) is 6.47. The van der Waals surface area contributed by atoms with Crippen LogP contribution in [0.2, 0.25) is 0 Å². The topological polar surface area (TPSA) is 56.5 Å². The Morgan fingerprint density at radius 2 is 2.05 bits per heavy atom. The molecule has 1 atom stereocenters. The van der Waals surface area contributed by atoms with E-state index in [2.05, 4.69) is 41.3 Å². The van der Waals surface area contributed by atoms with E-state index in [1.54, 1.807) is 14.2 Å². The Labute approximate surface area is 123 Å². The minimum absolute atomic E-state index is 0.162. The molecule has 0 spiro atoms. The standard InChI is InChI=1S/C14H23BrN2O2/c1-14(2,19-4)9-11(17-16)7-10-5-6-13(18-3)12(15)8-10/h5-6,8,11,17H,7,9,16H2,1-4H3. The first-order chi connectivity index (χ1) is 8.91. The van der Waals surface area contributed by atoms with Crippen molar-refractivity contribution in [2.45, 2.75) is 38.3 Å². The van der Waals surface area contributed by atoms with Crippen molar-refractivity contribution in [3.8, 4) is 5.75 Å². The van der Waals surface area contributed by atoms with Crippen molar-refractivity contribution < 1.29 is 9.47 Å². The van der Waals surface area contributed by atoms with Crippen LogP contribution in [-0.4, -0.2) is 25.9 Å². The van der Waals surface area contributed by atoms with Gasteiger partial charge in [0.1, 0.15) is 5.75 Å². The highest BCUT2D eigenvalue weighted by Gasteiger charge is 2.22. The average molecular weight is 331 g/mol. The van der Waals surface area contributed by atoms with Gasteiger partial charge in [0.25, 0.3) is 0 Å². The maximum atomic E-state index is 5.63. The molecule has 5 heteroatoms. The molecular weight excluding hydrogens is 308 g/mol. The van der Waals surface area contributed by atoms with Gasteiger partial charge in [0.2, 0.25) is 0 Å². The van der Waals surface area contributed by atoms with Crippen LogP contribution in [0.1, 0.15) is 25.8 Å². The number of nitrogens with two attached hydrogens (primary N) is 1. The fraction of sp³-hybridized carbons (Fsp3) is 0.571. The third kappa shape index (κ3) is 5.10. The molecule has 0 fully saturated rings. The fourth-order valence-electron chi connectivity index (χ4n) is 1.99. The maximum Gasteiger partial charge on any atom is 0.133 e. The second-order valence-electron chi connectivity index (χ2n) is 5.20. The maximum absolute atomic E-state index is 5.63. The summed E-state index contributed by atoms with van der Waals surface area (Å²) in [5.41, 5.74) is 3.87. The summed E-state index contributed by atoms with van der Waals surface area (Å²) >= 11 is 3.49. The van der Waals surface area contributed by atoms with Gasteiger partial charge in [0.15, 0.2) is 0 Å². The molecule has 0 radical (unpaired) electrons. The van der Waals surface area contributed by atoms with Crippen LogP contribution < -0.4 is 16.0 Å². The minimum atomic E-state index is -0.194. The monoisotopic (exact) mass is 330 g/mol. The van der Waals surface area contributed by atoms with Crippen molar-refractivity contribution in [1.29, 1.82) is 0 Å². The van der Waals surface area contributed by atoms with Gasteiger partial charge in [0.05, 0.1) is 17.2 Å². The number of hydrogen-bond acceptors (Lipinski definition) is 4. The van der Waals surface area contributed by atoms with Gasteiger partial charge in [-0.2, -0.15) is 0 Å². The van der Waals surface area contributed by atoms with Gasteiger partial charge in [-0.05, 0) is 60.3 Å². The predicted molar refractivity (Wildman–Crippen MR) is 81.2 cm³/mol. The lowest BCUT2D eigenvalue weighted by Crippen LogP contribution is -2.42. The predicted octanol–water partition coefficient (Wildman–Crippen LogP) is 2.65. The van der Waals surface area contributed by atoms with Gasteiger partial charge >= 0.3 is 0 Å². The number of rotatable bonds is 7. The van der Waals surface area contributed by atoms with E-state index in [1.807, 2.05) is 12.1 Å². The first-order valence-electron chi connectivity index (χ1n) is 6.25. The Morgan fingerprint density at radius 1 is 1.37 bits per heavy atom. The molecule has 1 rings (SSSR count). The van der Waals surface area contributed by atoms with Crippen LogP contribution in [0.25, 0.3) is 0 Å². The molecule has 0 aromatic heterocycles. The van der Waals surface area contributed by atoms with Crippen LogP contribution >= 0.6 is 15.9 Å². The van der Waals surface area contributed by atoms with E-state index in [4.69, 9.17) is 15.3 Å². The Balaban J connectivity index is 2.73. The SMILES string of the molecule is COc1ccc(CC(CC(C)(C)OC)NN)cc1Br. The Hall–Kier alpha value is -0.620. The summed E-state index contributed by atoms with van der Waals surface area (Å²) in [5, 5.41) is 0. The van der Waals surface area contributed by atoms with Gasteiger partial charge < -0.3 is 9.47 Å². The van der Waals surface area contributed by atoms with E-state index in [1.165, 1.54) is 5.56 Å². The minimum Gasteiger partial charge on any atom is -0.496 e. The van der Waals surface area contributed by atoms with E-state index < -0.39 is 0 Å². The van der Waals surface area contributed by atoms with Crippen molar-refractivity contribution in [3.63, 3.8) is 0 Å². The van der Waals surface area contributed by atoms with Crippen LogP contribution in [0.3, 0.4) is 0 Å². The second-order valence-corrected chi connectivity index (χ2v) is 6.06. The summed E-state index contributed by atoms with van der Waals surface area (Å²) in [6, 6.07) is 6.22. The number of methoxy groups -OCH3 is 2. The lowest BCUT2D eigenvalue weighted by molar-refractivity contribution is 0.00710. The molecular formula is C14H23BrN2O2. The van der Waals surface area contributed by atoms with E-state index in [9.17, 15) is 0 Å². The molecule has 4 nitrogen and oxygen atoms in total. The van der Waals surface area contributed by atoms with Gasteiger partial charge in [-0.25, -0.2) is 0 Å². The van der Waals surface area contributed by atoms with Crippen molar-refractivity contribution in [2.24, 2.45) is 5.84 Å². The summed E-state index contributed by atoms with van der Waals surface area (Å²) in [6.07, 6.45) is 1.68. The smallest absolute Gasteiger partial charge is 0.133 e. The Kier molecular flexibility index (Phi) is 6.26. The number of hydrogen-bond donors (Lipinski definition) is 2. The fourth-order valence-corrected chi connectivity index (χ4v) is 2.58. The van der Waals surface area contributed by atoms with Crippen molar-refractivity contribution >= 4 is 15.9 Å². The molecule has 0 saturated carbocycles. The normalized spacial score (nSPS) is 13.4. The summed E-state index contributed by atoms with van der Waals surface area (Å²) in [4.78, 5) is 0. The van der Waals surface area contributed by atoms with Crippen LogP contribution in [0.4, 0.5) is 0 Å². The summed E-state index contributed by atoms with van der Waals surface area (Å²) < 4.78 is 11.6. The molecule has 1 unspecified atom stereocenters. The summed E-state index contributed by atoms with van der Waals surface area (Å²) in [7, 11) is 3.38. The third-order valence-corrected chi connectivity index (χ3v) is 3.84. The molecule has 0 aliphatic carbocycles. The second kappa shape index (κ2) is 7.24. The zero-order valence-electron chi connectivity index (χ0n) is 12.0. The van der Waals surface area contributed by atoms with Crippen LogP contribution in [-0.2, 0) is 11.2 Å². The number of ether oxygens (including phenoxy) is 2. The van der Waals surface area contributed by atoms with Crippen LogP contribution in [0.5, 0.6) is 5.75 Å². The van der Waals surface area contributed by atoms with Gasteiger partial charge in [-0.1, -0.05) is 6.07 Å². The molecule has 0 saturated heterocycles. The highest BCUT2D eigenvalue weighted by molar-refractivity contribution is 9.10. The van der Waals surface area contributed by atoms with Gasteiger partial charge in [0, 0.05) is 13.2 Å². The molecule has 1 aromatic carbocycles. The molecule has 0 heterocycles. The third-order valence-electron chi connectivity index (χ3n) is 3.22. The molecule has 0 aliphatic heterocycles. The molecule has 108 valence electrons. The number of nitrogens with one attached hydrogen (secondary N) is 1. The van der Waals surface area contributed by atoms with Crippen LogP contribution in [0, 0.1) is 0 Å². The lowest BCUT2D eigenvalue weighted by Gasteiger charge is -2.28. The van der Waals surface area contributed by atoms with E-state index in [0.717, 1.165) is 23.1 Å². The highest BCUT2D eigenvalue weighted by atomic mass is 79.9. The first-order valence-corrected chi connectivity index (χ1v) is 7.05. The largest absolute Gasteiger partial charge is 0.496 e. The summed E-state index contributed by atoms with van der Waals surface area (Å²) in [6.45, 7) is 4.11. The number of halogens is 1. The van der Waals surface area contributed by atoms with Gasteiger partial charge in [-0.3, -0.25) is 11.3 Å². The molecule has 0 bridgehead atoms. The van der Waals surface area contributed by atoms with Crippen molar-refractivity contribution in [3.05, 3.63) is 28.2 Å². The zero-order chi connectivity index (χ0) is 14.5. The van der Waals surface area contributed by atoms with Crippen molar-refractivity contribution in [2.75, 3.05) is 14.2 Å². The molecule has 3 N–H and O–H groups in total. The molecule has 0 aliphatic rings.